The lowest BCUT2D eigenvalue weighted by Crippen LogP contribution is -2.46. The summed E-state index contributed by atoms with van der Waals surface area (Å²) in [5.41, 5.74) is 5.27. The predicted octanol–water partition coefficient (Wildman–Crippen LogP) is -0.234. The van der Waals surface area contributed by atoms with Crippen LogP contribution in [0.15, 0.2) is 0 Å². The van der Waals surface area contributed by atoms with E-state index < -0.39 is 0 Å². The average molecular weight is 182 g/mol. The summed E-state index contributed by atoms with van der Waals surface area (Å²) < 4.78 is 0. The van der Waals surface area contributed by atoms with Gasteiger partial charge in [0.25, 0.3) is 0 Å². The van der Waals surface area contributed by atoms with Crippen molar-refractivity contribution in [3.8, 4) is 0 Å². The van der Waals surface area contributed by atoms with E-state index >= 15 is 0 Å². The number of carbonyl (C=O) groups is 1. The first kappa shape index (κ1) is 7.62. The lowest BCUT2D eigenvalue weighted by atomic mass is 9.88. The molecular weight excluding hydrogens is 168 g/mol. The molecule has 2 bridgehead atoms. The molecule has 1 aliphatic heterocycles. The fourth-order valence-electron chi connectivity index (χ4n) is 3.67. The van der Waals surface area contributed by atoms with Crippen molar-refractivity contribution in [2.45, 2.75) is 25.0 Å². The molecule has 4 nitrogen and oxygen atoms in total. The molecule has 1 heterocycles. The molecule has 4 heteroatoms. The Hall–Kier alpha value is -0.770. The van der Waals surface area contributed by atoms with Crippen LogP contribution < -0.4 is 5.73 Å². The maximum Gasteiger partial charge on any atom is 0.315 e. The van der Waals surface area contributed by atoms with Crippen LogP contribution in [0.1, 0.15) is 12.8 Å². The number of nitrogens with zero attached hydrogens (tertiary/aromatic N) is 1. The van der Waals surface area contributed by atoms with Gasteiger partial charge in [0.2, 0.25) is 0 Å². The van der Waals surface area contributed by atoms with E-state index in [2.05, 4.69) is 0 Å². The van der Waals surface area contributed by atoms with Crippen LogP contribution in [0.5, 0.6) is 0 Å². The van der Waals surface area contributed by atoms with Gasteiger partial charge in [-0.15, -0.1) is 0 Å². The predicted molar refractivity (Wildman–Crippen MR) is 45.8 cm³/mol. The fourth-order valence-corrected chi connectivity index (χ4v) is 3.67. The van der Waals surface area contributed by atoms with Gasteiger partial charge in [-0.3, -0.25) is 0 Å². The van der Waals surface area contributed by atoms with E-state index in [4.69, 9.17) is 5.73 Å². The number of rotatable bonds is 0. The number of aliphatic hydroxyl groups excluding tert-OH is 1. The Morgan fingerprint density at radius 1 is 1.38 bits per heavy atom. The van der Waals surface area contributed by atoms with Gasteiger partial charge in [-0.05, 0) is 30.6 Å². The fraction of sp³-hybridized carbons (Fsp3) is 0.889. The van der Waals surface area contributed by atoms with Crippen LogP contribution in [0.4, 0.5) is 4.79 Å². The molecule has 13 heavy (non-hydrogen) atoms. The van der Waals surface area contributed by atoms with Crippen LogP contribution >= 0.6 is 0 Å². The summed E-state index contributed by atoms with van der Waals surface area (Å²) in [6.07, 6.45) is 1.88. The largest absolute Gasteiger partial charge is 0.391 e. The van der Waals surface area contributed by atoms with Gasteiger partial charge in [0.15, 0.2) is 0 Å². The van der Waals surface area contributed by atoms with E-state index in [-0.39, 0.29) is 18.2 Å². The van der Waals surface area contributed by atoms with Crippen molar-refractivity contribution >= 4 is 6.03 Å². The number of likely N-dealkylation sites (tertiary alicyclic amines) is 1. The Kier molecular flexibility index (Phi) is 1.28. The Bertz CT molecular complexity index is 266. The molecule has 3 fully saturated rings. The van der Waals surface area contributed by atoms with Crippen molar-refractivity contribution in [3.05, 3.63) is 0 Å². The van der Waals surface area contributed by atoms with Crippen LogP contribution in [-0.2, 0) is 0 Å². The topological polar surface area (TPSA) is 66.6 Å². The number of nitrogens with two attached hydrogens (primary N) is 1. The zero-order chi connectivity index (χ0) is 9.16. The number of fused-ring (bicyclic) bond motifs is 1. The minimum Gasteiger partial charge on any atom is -0.391 e. The second-order valence-electron chi connectivity index (χ2n) is 4.63. The molecule has 3 rings (SSSR count). The van der Waals surface area contributed by atoms with Crippen LogP contribution in [-0.4, -0.2) is 34.7 Å². The minimum atomic E-state index is -0.362. The van der Waals surface area contributed by atoms with Crippen molar-refractivity contribution < 1.29 is 9.90 Å². The van der Waals surface area contributed by atoms with E-state index in [9.17, 15) is 9.90 Å². The van der Waals surface area contributed by atoms with Crippen molar-refractivity contribution in [1.82, 2.24) is 4.90 Å². The minimum absolute atomic E-state index is 0.0428. The van der Waals surface area contributed by atoms with Crippen LogP contribution in [0.25, 0.3) is 0 Å². The van der Waals surface area contributed by atoms with E-state index in [0.29, 0.717) is 17.8 Å². The highest BCUT2D eigenvalue weighted by molar-refractivity contribution is 5.73. The van der Waals surface area contributed by atoms with Crippen molar-refractivity contribution in [2.24, 2.45) is 23.5 Å². The van der Waals surface area contributed by atoms with Crippen LogP contribution in [0.2, 0.25) is 0 Å². The summed E-state index contributed by atoms with van der Waals surface area (Å²) in [7, 11) is 0. The first-order valence-electron chi connectivity index (χ1n) is 4.92. The number of hydrogen-bond donors (Lipinski definition) is 2. The summed E-state index contributed by atoms with van der Waals surface area (Å²) in [6, 6.07) is -0.319. The van der Waals surface area contributed by atoms with Gasteiger partial charge in [0.1, 0.15) is 0 Å². The van der Waals surface area contributed by atoms with E-state index in [1.807, 2.05) is 0 Å². The third-order valence-electron chi connectivity index (χ3n) is 4.13. The SMILES string of the molecule is NC(=O)N1CC2CC3CC2C1C3O. The van der Waals surface area contributed by atoms with Crippen molar-refractivity contribution in [1.29, 1.82) is 0 Å². The molecule has 0 aromatic carbocycles. The molecule has 0 aromatic heterocycles. The quantitative estimate of drug-likeness (QED) is 0.543. The number of aliphatic hydroxyl groups is 1. The zero-order valence-corrected chi connectivity index (χ0v) is 7.39. The Morgan fingerprint density at radius 3 is 2.77 bits per heavy atom. The average Bonchev–Trinajstić information content (AvgIpc) is 2.60. The number of primary amides is 1. The summed E-state index contributed by atoms with van der Waals surface area (Å²) >= 11 is 0. The molecule has 2 saturated carbocycles. The second kappa shape index (κ2) is 2.18. The van der Waals surface area contributed by atoms with Gasteiger partial charge in [0.05, 0.1) is 12.1 Å². The van der Waals surface area contributed by atoms with Gasteiger partial charge in [-0.25, -0.2) is 4.79 Å². The highest BCUT2D eigenvalue weighted by Gasteiger charge is 2.59. The lowest BCUT2D eigenvalue weighted by Gasteiger charge is -2.27. The lowest BCUT2D eigenvalue weighted by molar-refractivity contribution is 0.0624. The Labute approximate surface area is 76.7 Å². The molecule has 2 aliphatic carbocycles. The Morgan fingerprint density at radius 2 is 2.15 bits per heavy atom. The third kappa shape index (κ3) is 0.771. The van der Waals surface area contributed by atoms with E-state index in [1.54, 1.807) is 4.90 Å². The maximum atomic E-state index is 11.1. The van der Waals surface area contributed by atoms with E-state index in [0.717, 1.165) is 19.4 Å². The number of hydrogen-bond acceptors (Lipinski definition) is 2. The summed E-state index contributed by atoms with van der Waals surface area (Å²) in [5.74, 6) is 1.59. The number of urea groups is 1. The first-order chi connectivity index (χ1) is 6.18. The van der Waals surface area contributed by atoms with Gasteiger partial charge in [-0.2, -0.15) is 0 Å². The molecule has 3 N–H and O–H groups in total. The standard InChI is InChI=1S/C9H14N2O2/c10-9(13)11-3-5-1-4-2-6(5)7(11)8(4)12/h4-8,12H,1-3H2,(H2,10,13). The monoisotopic (exact) mass is 182 g/mol. The summed E-state index contributed by atoms with van der Waals surface area (Å²) in [5, 5.41) is 9.88. The number of carbonyl (C=O) groups excluding carboxylic acids is 1. The molecule has 0 aromatic rings. The summed E-state index contributed by atoms with van der Waals surface area (Å²) in [4.78, 5) is 12.8. The van der Waals surface area contributed by atoms with E-state index in [1.165, 1.54) is 0 Å². The van der Waals surface area contributed by atoms with Crippen molar-refractivity contribution in [3.63, 3.8) is 0 Å². The van der Waals surface area contributed by atoms with Crippen molar-refractivity contribution in [2.75, 3.05) is 6.54 Å². The molecule has 5 unspecified atom stereocenters. The zero-order valence-electron chi connectivity index (χ0n) is 7.39. The molecular formula is C9H14N2O2. The molecule has 0 spiro atoms. The second-order valence-corrected chi connectivity index (χ2v) is 4.63. The normalized spacial score (nSPS) is 51.8. The van der Waals surface area contributed by atoms with Gasteiger partial charge in [-0.1, -0.05) is 0 Å². The molecule has 5 atom stereocenters. The van der Waals surface area contributed by atoms with Crippen LogP contribution in [0.3, 0.4) is 0 Å². The van der Waals surface area contributed by atoms with Crippen LogP contribution in [0, 0.1) is 17.8 Å². The van der Waals surface area contributed by atoms with Gasteiger partial charge < -0.3 is 15.7 Å². The van der Waals surface area contributed by atoms with Gasteiger partial charge in [0, 0.05) is 6.54 Å². The maximum absolute atomic E-state index is 11.1. The van der Waals surface area contributed by atoms with Gasteiger partial charge >= 0.3 is 6.03 Å². The molecule has 72 valence electrons. The smallest absolute Gasteiger partial charge is 0.315 e. The molecule has 2 amide bonds. The highest BCUT2D eigenvalue weighted by Crippen LogP contribution is 2.54. The summed E-state index contributed by atoms with van der Waals surface area (Å²) in [6.45, 7) is 0.776. The Balaban J connectivity index is 1.95. The molecule has 0 radical (unpaired) electrons. The highest BCUT2D eigenvalue weighted by atomic mass is 16.3. The third-order valence-corrected chi connectivity index (χ3v) is 4.13. The molecule has 1 saturated heterocycles. The first-order valence-corrected chi connectivity index (χ1v) is 4.92. The number of amides is 2. The molecule has 3 aliphatic rings.